The number of aromatic nitrogens is 1. The van der Waals surface area contributed by atoms with Gasteiger partial charge in [-0.25, -0.2) is 4.98 Å². The maximum absolute atomic E-state index is 11.7. The zero-order chi connectivity index (χ0) is 15.1. The van der Waals surface area contributed by atoms with Crippen molar-refractivity contribution in [1.29, 1.82) is 0 Å². The van der Waals surface area contributed by atoms with Crippen LogP contribution in [0.25, 0.3) is 0 Å². The summed E-state index contributed by atoms with van der Waals surface area (Å²) < 4.78 is 11.3. The summed E-state index contributed by atoms with van der Waals surface area (Å²) in [4.78, 5) is 15.8. The number of rotatable bonds is 6. The Labute approximate surface area is 131 Å². The number of amides is 1. The topological polar surface area (TPSA) is 60.5 Å². The molecule has 0 saturated heterocycles. The quantitative estimate of drug-likeness (QED) is 0.869. The number of hydrogen-bond donors (Lipinski definition) is 1. The molecule has 1 N–H and O–H groups in total. The van der Waals surface area contributed by atoms with Crippen LogP contribution in [0.15, 0.2) is 47.1 Å². The predicted octanol–water partition coefficient (Wildman–Crippen LogP) is 2.55. The molecule has 6 heteroatoms. The van der Waals surface area contributed by atoms with Crippen LogP contribution in [0, 0.1) is 0 Å². The van der Waals surface area contributed by atoms with Crippen molar-refractivity contribution in [3.05, 3.63) is 52.6 Å². The Bertz CT molecular complexity index is 602. The third-order valence-corrected chi connectivity index (χ3v) is 3.16. The minimum Gasteiger partial charge on any atom is -0.484 e. The van der Waals surface area contributed by atoms with Crippen molar-refractivity contribution in [1.82, 2.24) is 10.3 Å². The van der Waals surface area contributed by atoms with Crippen molar-refractivity contribution < 1.29 is 14.3 Å². The van der Waals surface area contributed by atoms with Crippen LogP contribution in [-0.2, 0) is 11.3 Å². The molecule has 21 heavy (non-hydrogen) atoms. The Morgan fingerprint density at radius 3 is 2.86 bits per heavy atom. The Morgan fingerprint density at radius 2 is 2.19 bits per heavy atom. The first-order chi connectivity index (χ1) is 10.2. The molecule has 0 aliphatic heterocycles. The molecular weight excluding hydrogens is 336 g/mol. The van der Waals surface area contributed by atoms with Gasteiger partial charge in [-0.2, -0.15) is 0 Å². The summed E-state index contributed by atoms with van der Waals surface area (Å²) in [6, 6.07) is 10.9. The number of ether oxygens (including phenoxy) is 2. The average Bonchev–Trinajstić information content (AvgIpc) is 2.51. The van der Waals surface area contributed by atoms with Gasteiger partial charge in [0.25, 0.3) is 5.91 Å². The lowest BCUT2D eigenvalue weighted by Gasteiger charge is -2.08. The minimum atomic E-state index is -0.189. The van der Waals surface area contributed by atoms with Crippen LogP contribution in [0.5, 0.6) is 11.6 Å². The molecule has 5 nitrogen and oxygen atoms in total. The van der Waals surface area contributed by atoms with E-state index < -0.39 is 0 Å². The summed E-state index contributed by atoms with van der Waals surface area (Å²) >= 11 is 3.34. The fourth-order valence-electron chi connectivity index (χ4n) is 1.59. The Hall–Kier alpha value is -2.08. The van der Waals surface area contributed by atoms with Gasteiger partial charge in [0.1, 0.15) is 5.75 Å². The number of nitrogens with zero attached hydrogens (tertiary/aromatic N) is 1. The molecule has 2 rings (SSSR count). The van der Waals surface area contributed by atoms with E-state index in [0.717, 1.165) is 10.0 Å². The average molecular weight is 351 g/mol. The highest BCUT2D eigenvalue weighted by Crippen LogP contribution is 2.17. The Morgan fingerprint density at radius 1 is 1.33 bits per heavy atom. The van der Waals surface area contributed by atoms with Crippen LogP contribution in [-0.4, -0.2) is 24.6 Å². The van der Waals surface area contributed by atoms with Crippen molar-refractivity contribution in [2.24, 2.45) is 0 Å². The van der Waals surface area contributed by atoms with E-state index in [1.165, 1.54) is 0 Å². The SMILES string of the molecule is COc1ccc(CNC(=O)COc2cccc(Br)c2)cn1. The molecule has 0 aliphatic rings. The summed E-state index contributed by atoms with van der Waals surface area (Å²) in [5, 5.41) is 2.76. The number of carbonyl (C=O) groups excluding carboxylic acids is 1. The molecule has 1 heterocycles. The van der Waals surface area contributed by atoms with Crippen LogP contribution in [0.4, 0.5) is 0 Å². The van der Waals surface area contributed by atoms with Gasteiger partial charge in [0.15, 0.2) is 6.61 Å². The highest BCUT2D eigenvalue weighted by atomic mass is 79.9. The number of nitrogens with one attached hydrogen (secondary N) is 1. The van der Waals surface area contributed by atoms with Crippen molar-refractivity contribution >= 4 is 21.8 Å². The van der Waals surface area contributed by atoms with Gasteiger partial charge in [0.2, 0.25) is 5.88 Å². The molecule has 0 unspecified atom stereocenters. The first-order valence-electron chi connectivity index (χ1n) is 6.31. The molecule has 0 fully saturated rings. The molecule has 0 bridgehead atoms. The number of pyridine rings is 1. The van der Waals surface area contributed by atoms with Crippen LogP contribution >= 0.6 is 15.9 Å². The molecular formula is C15H15BrN2O3. The van der Waals surface area contributed by atoms with Gasteiger partial charge in [-0.3, -0.25) is 4.79 Å². The van der Waals surface area contributed by atoms with Gasteiger partial charge in [-0.05, 0) is 23.8 Å². The molecule has 0 atom stereocenters. The number of carbonyl (C=O) groups is 1. The maximum Gasteiger partial charge on any atom is 0.258 e. The summed E-state index contributed by atoms with van der Waals surface area (Å²) in [6.45, 7) is 0.373. The lowest BCUT2D eigenvalue weighted by Crippen LogP contribution is -2.28. The number of hydrogen-bond acceptors (Lipinski definition) is 4. The molecule has 0 aliphatic carbocycles. The van der Waals surface area contributed by atoms with Gasteiger partial charge in [0.05, 0.1) is 7.11 Å². The first-order valence-corrected chi connectivity index (χ1v) is 7.10. The van der Waals surface area contributed by atoms with Crippen LogP contribution in [0.2, 0.25) is 0 Å². The minimum absolute atomic E-state index is 0.0277. The molecule has 110 valence electrons. The number of benzene rings is 1. The van der Waals surface area contributed by atoms with E-state index in [2.05, 4.69) is 26.2 Å². The van der Waals surface area contributed by atoms with E-state index >= 15 is 0 Å². The molecule has 1 aromatic heterocycles. The van der Waals surface area contributed by atoms with Crippen molar-refractivity contribution in [3.63, 3.8) is 0 Å². The van der Waals surface area contributed by atoms with E-state index in [4.69, 9.17) is 9.47 Å². The molecule has 0 spiro atoms. The summed E-state index contributed by atoms with van der Waals surface area (Å²) in [5.41, 5.74) is 0.895. The fourth-order valence-corrected chi connectivity index (χ4v) is 1.97. The highest BCUT2D eigenvalue weighted by molar-refractivity contribution is 9.10. The maximum atomic E-state index is 11.7. The van der Waals surface area contributed by atoms with E-state index in [-0.39, 0.29) is 12.5 Å². The second-order valence-electron chi connectivity index (χ2n) is 4.23. The Kier molecular flexibility index (Phi) is 5.57. The van der Waals surface area contributed by atoms with Gasteiger partial charge < -0.3 is 14.8 Å². The highest BCUT2D eigenvalue weighted by Gasteiger charge is 2.03. The van der Waals surface area contributed by atoms with Crippen molar-refractivity contribution in [2.75, 3.05) is 13.7 Å². The normalized spacial score (nSPS) is 10.0. The second kappa shape index (κ2) is 7.64. The standard InChI is InChI=1S/C15H15BrN2O3/c1-20-15-6-5-11(9-18-15)8-17-14(19)10-21-13-4-2-3-12(16)7-13/h2-7,9H,8,10H2,1H3,(H,17,19). The largest absolute Gasteiger partial charge is 0.484 e. The van der Waals surface area contributed by atoms with Gasteiger partial charge in [0, 0.05) is 23.3 Å². The summed E-state index contributed by atoms with van der Waals surface area (Å²) in [7, 11) is 1.56. The van der Waals surface area contributed by atoms with Gasteiger partial charge in [-0.15, -0.1) is 0 Å². The zero-order valence-electron chi connectivity index (χ0n) is 11.5. The summed E-state index contributed by atoms with van der Waals surface area (Å²) in [5.74, 6) is 1.000. The van der Waals surface area contributed by atoms with Crippen LogP contribution in [0.1, 0.15) is 5.56 Å². The fraction of sp³-hybridized carbons (Fsp3) is 0.200. The smallest absolute Gasteiger partial charge is 0.258 e. The van der Waals surface area contributed by atoms with Gasteiger partial charge >= 0.3 is 0 Å². The lowest BCUT2D eigenvalue weighted by atomic mass is 10.3. The lowest BCUT2D eigenvalue weighted by molar-refractivity contribution is -0.123. The van der Waals surface area contributed by atoms with E-state index in [9.17, 15) is 4.79 Å². The monoisotopic (exact) mass is 350 g/mol. The van der Waals surface area contributed by atoms with Gasteiger partial charge in [-0.1, -0.05) is 28.1 Å². The van der Waals surface area contributed by atoms with E-state index in [1.54, 1.807) is 31.5 Å². The van der Waals surface area contributed by atoms with Crippen molar-refractivity contribution in [3.8, 4) is 11.6 Å². The molecule has 1 amide bonds. The molecule has 0 saturated carbocycles. The molecule has 0 radical (unpaired) electrons. The van der Waals surface area contributed by atoms with Crippen molar-refractivity contribution in [2.45, 2.75) is 6.54 Å². The van der Waals surface area contributed by atoms with Crippen LogP contribution < -0.4 is 14.8 Å². The third kappa shape index (κ3) is 5.07. The van der Waals surface area contributed by atoms with E-state index in [1.807, 2.05) is 18.2 Å². The number of methoxy groups -OCH3 is 1. The second-order valence-corrected chi connectivity index (χ2v) is 5.15. The third-order valence-electron chi connectivity index (χ3n) is 2.66. The Balaban J connectivity index is 1.76. The van der Waals surface area contributed by atoms with E-state index in [0.29, 0.717) is 18.2 Å². The molecule has 2 aromatic rings. The van der Waals surface area contributed by atoms with Crippen LogP contribution in [0.3, 0.4) is 0 Å². The first kappa shape index (κ1) is 15.3. The number of halogens is 1. The predicted molar refractivity (Wildman–Crippen MR) is 82.3 cm³/mol. The zero-order valence-corrected chi connectivity index (χ0v) is 13.1. The summed E-state index contributed by atoms with van der Waals surface area (Å²) in [6.07, 6.45) is 1.66. The molecule has 1 aromatic carbocycles.